The first kappa shape index (κ1) is 8.97. The normalized spacial score (nSPS) is 45.8. The van der Waals surface area contributed by atoms with Gasteiger partial charge in [-0.15, -0.1) is 0 Å². The van der Waals surface area contributed by atoms with Crippen molar-refractivity contribution in [2.75, 3.05) is 18.2 Å². The number of sulfone groups is 1. The fourth-order valence-corrected chi connectivity index (χ4v) is 4.00. The van der Waals surface area contributed by atoms with Crippen LogP contribution in [-0.2, 0) is 14.6 Å². The Morgan fingerprint density at radius 3 is 2.33 bits per heavy atom. The fraction of sp³-hybridized carbons (Fsp3) is 1.00. The largest absolute Gasteiger partial charge is 0.372 e. The topological polar surface area (TPSA) is 43.4 Å². The van der Waals surface area contributed by atoms with Crippen molar-refractivity contribution in [2.24, 2.45) is 0 Å². The minimum atomic E-state index is -2.93. The summed E-state index contributed by atoms with van der Waals surface area (Å²) in [5, 5.41) is 0.747. The summed E-state index contributed by atoms with van der Waals surface area (Å²) in [5.74, 6) is 0. The maximum absolute atomic E-state index is 11.4. The van der Waals surface area contributed by atoms with E-state index in [2.05, 4.69) is 15.9 Å². The Kier molecular flexibility index (Phi) is 1.68. The van der Waals surface area contributed by atoms with Gasteiger partial charge in [0.15, 0.2) is 9.84 Å². The number of halogens is 1. The molecule has 3 nitrogen and oxygen atoms in total. The van der Waals surface area contributed by atoms with Crippen molar-refractivity contribution in [1.29, 1.82) is 0 Å². The smallest absolute Gasteiger partial charge is 0.155 e. The molecule has 0 radical (unpaired) electrons. The van der Waals surface area contributed by atoms with E-state index in [1.807, 2.05) is 0 Å². The first-order valence-corrected chi connectivity index (χ1v) is 6.84. The lowest BCUT2D eigenvalue weighted by Gasteiger charge is -2.41. The number of fused-ring (bicyclic) bond motifs is 1. The third-order valence-corrected chi connectivity index (χ3v) is 5.96. The van der Waals surface area contributed by atoms with Crippen LogP contribution in [0.4, 0.5) is 0 Å². The highest BCUT2D eigenvalue weighted by atomic mass is 79.9. The second kappa shape index (κ2) is 2.25. The Hall–Kier alpha value is 0.390. The minimum Gasteiger partial charge on any atom is -0.372 e. The summed E-state index contributed by atoms with van der Waals surface area (Å²) in [6.07, 6.45) is 2.65. The zero-order valence-corrected chi connectivity index (χ0v) is 9.24. The molecule has 0 aromatic carbocycles. The standard InChI is InChI=1S/C7H11BrO3S/c1-12(9,10)7-2-6(3-7,4-8)11-5-7/h2-5H2,1H3. The lowest BCUT2D eigenvalue weighted by atomic mass is 9.75. The summed E-state index contributed by atoms with van der Waals surface area (Å²) in [7, 11) is -2.93. The van der Waals surface area contributed by atoms with Gasteiger partial charge in [-0.2, -0.15) is 0 Å². The van der Waals surface area contributed by atoms with E-state index in [9.17, 15) is 8.42 Å². The molecular weight excluding hydrogens is 244 g/mol. The van der Waals surface area contributed by atoms with Crippen LogP contribution in [0.15, 0.2) is 0 Å². The molecule has 1 aliphatic carbocycles. The number of hydrogen-bond acceptors (Lipinski definition) is 3. The molecule has 0 N–H and O–H groups in total. The van der Waals surface area contributed by atoms with Gasteiger partial charge < -0.3 is 4.74 Å². The molecule has 1 saturated carbocycles. The van der Waals surface area contributed by atoms with Crippen molar-refractivity contribution in [3.8, 4) is 0 Å². The molecule has 12 heavy (non-hydrogen) atoms. The van der Waals surface area contributed by atoms with Crippen molar-refractivity contribution >= 4 is 25.8 Å². The molecule has 0 atom stereocenters. The average Bonchev–Trinajstić information content (AvgIpc) is 2.37. The zero-order valence-electron chi connectivity index (χ0n) is 6.84. The van der Waals surface area contributed by atoms with E-state index in [0.717, 1.165) is 5.33 Å². The molecule has 3 rings (SSSR count). The van der Waals surface area contributed by atoms with E-state index in [-0.39, 0.29) is 5.60 Å². The summed E-state index contributed by atoms with van der Waals surface area (Å²) in [6, 6.07) is 0. The number of ether oxygens (including phenoxy) is 1. The van der Waals surface area contributed by atoms with Gasteiger partial charge in [-0.1, -0.05) is 15.9 Å². The van der Waals surface area contributed by atoms with Gasteiger partial charge in [0.05, 0.1) is 12.2 Å². The average molecular weight is 255 g/mol. The van der Waals surface area contributed by atoms with Crippen molar-refractivity contribution in [2.45, 2.75) is 23.2 Å². The van der Waals surface area contributed by atoms with Crippen LogP contribution in [0.2, 0.25) is 0 Å². The highest BCUT2D eigenvalue weighted by Gasteiger charge is 2.66. The van der Waals surface area contributed by atoms with Crippen LogP contribution in [0.1, 0.15) is 12.8 Å². The Balaban J connectivity index is 2.26. The molecule has 2 heterocycles. The van der Waals surface area contributed by atoms with Crippen LogP contribution in [-0.4, -0.2) is 37.0 Å². The van der Waals surface area contributed by atoms with Gasteiger partial charge in [0, 0.05) is 11.6 Å². The maximum Gasteiger partial charge on any atom is 0.155 e. The van der Waals surface area contributed by atoms with E-state index in [1.165, 1.54) is 6.26 Å². The molecular formula is C7H11BrO3S. The maximum atomic E-state index is 11.4. The third-order valence-electron chi connectivity index (χ3n) is 2.96. The summed E-state index contributed by atoms with van der Waals surface area (Å²) in [5.41, 5.74) is -0.164. The Morgan fingerprint density at radius 1 is 1.50 bits per heavy atom. The van der Waals surface area contributed by atoms with Gasteiger partial charge in [0.25, 0.3) is 0 Å². The lowest BCUT2D eigenvalue weighted by molar-refractivity contribution is 0.0283. The SMILES string of the molecule is CS(=O)(=O)C12COC(CBr)(C1)C2. The van der Waals surface area contributed by atoms with Gasteiger partial charge in [-0.3, -0.25) is 0 Å². The van der Waals surface area contributed by atoms with E-state index in [1.54, 1.807) is 0 Å². The molecule has 3 fully saturated rings. The van der Waals surface area contributed by atoms with E-state index in [0.29, 0.717) is 19.4 Å². The fourth-order valence-electron chi connectivity index (χ4n) is 2.11. The van der Waals surface area contributed by atoms with Crippen LogP contribution in [0.3, 0.4) is 0 Å². The van der Waals surface area contributed by atoms with Crippen molar-refractivity contribution in [3.63, 3.8) is 0 Å². The van der Waals surface area contributed by atoms with Crippen LogP contribution < -0.4 is 0 Å². The monoisotopic (exact) mass is 254 g/mol. The van der Waals surface area contributed by atoms with Gasteiger partial charge in [-0.25, -0.2) is 8.42 Å². The molecule has 0 unspecified atom stereocenters. The first-order chi connectivity index (χ1) is 5.43. The predicted octanol–water partition coefficient (Wildman–Crippen LogP) is 0.727. The van der Waals surface area contributed by atoms with Crippen molar-refractivity contribution < 1.29 is 13.2 Å². The molecule has 0 spiro atoms. The van der Waals surface area contributed by atoms with E-state index < -0.39 is 14.6 Å². The Labute approximate surface area is 80.5 Å². The number of alkyl halides is 1. The van der Waals surface area contributed by atoms with Crippen LogP contribution in [0.5, 0.6) is 0 Å². The minimum absolute atomic E-state index is 0.164. The Morgan fingerprint density at radius 2 is 2.08 bits per heavy atom. The van der Waals surface area contributed by atoms with E-state index in [4.69, 9.17) is 4.74 Å². The van der Waals surface area contributed by atoms with Crippen molar-refractivity contribution in [3.05, 3.63) is 0 Å². The molecule has 3 aliphatic rings. The molecule has 2 aliphatic heterocycles. The van der Waals surface area contributed by atoms with Gasteiger partial charge in [0.2, 0.25) is 0 Å². The molecule has 0 amide bonds. The lowest BCUT2D eigenvalue weighted by Crippen LogP contribution is -2.54. The molecule has 5 heteroatoms. The van der Waals surface area contributed by atoms with Gasteiger partial charge in [-0.05, 0) is 12.8 Å². The van der Waals surface area contributed by atoms with Gasteiger partial charge >= 0.3 is 0 Å². The Bertz CT molecular complexity index is 303. The molecule has 2 bridgehead atoms. The molecule has 0 aromatic heterocycles. The van der Waals surface area contributed by atoms with Crippen LogP contribution in [0, 0.1) is 0 Å². The second-order valence-corrected chi connectivity index (χ2v) is 6.89. The quantitative estimate of drug-likeness (QED) is 0.683. The predicted molar refractivity (Wildman–Crippen MR) is 49.3 cm³/mol. The number of hydrogen-bond donors (Lipinski definition) is 0. The third kappa shape index (κ3) is 0.930. The summed E-state index contributed by atoms with van der Waals surface area (Å²) >= 11 is 3.34. The summed E-state index contributed by atoms with van der Waals surface area (Å²) < 4.78 is 27.6. The molecule has 2 saturated heterocycles. The summed E-state index contributed by atoms with van der Waals surface area (Å²) in [6.45, 7) is 0.386. The van der Waals surface area contributed by atoms with E-state index >= 15 is 0 Å². The highest BCUT2D eigenvalue weighted by molar-refractivity contribution is 9.09. The first-order valence-electron chi connectivity index (χ1n) is 3.83. The second-order valence-electron chi connectivity index (χ2n) is 3.91. The van der Waals surface area contributed by atoms with Crippen LogP contribution in [0.25, 0.3) is 0 Å². The molecule has 0 aromatic rings. The van der Waals surface area contributed by atoms with Crippen molar-refractivity contribution in [1.82, 2.24) is 0 Å². The zero-order chi connectivity index (χ0) is 9.04. The van der Waals surface area contributed by atoms with Gasteiger partial charge in [0.1, 0.15) is 4.75 Å². The highest BCUT2D eigenvalue weighted by Crippen LogP contribution is 2.56. The van der Waals surface area contributed by atoms with Crippen LogP contribution >= 0.6 is 15.9 Å². The molecule has 70 valence electrons. The number of rotatable bonds is 2. The summed E-state index contributed by atoms with van der Waals surface area (Å²) in [4.78, 5) is 0.